The summed E-state index contributed by atoms with van der Waals surface area (Å²) in [5, 5.41) is 2.67. The van der Waals surface area contributed by atoms with Gasteiger partial charge >= 0.3 is 0 Å². The highest BCUT2D eigenvalue weighted by molar-refractivity contribution is 7.10. The van der Waals surface area contributed by atoms with Crippen molar-refractivity contribution in [1.29, 1.82) is 0 Å². The zero-order valence-corrected chi connectivity index (χ0v) is 11.1. The van der Waals surface area contributed by atoms with Crippen molar-refractivity contribution in [3.05, 3.63) is 33.4 Å². The predicted molar refractivity (Wildman–Crippen MR) is 69.2 cm³/mol. The molecule has 0 aromatic carbocycles. The number of aromatic nitrogens is 2. The Labute approximate surface area is 104 Å². The molecular weight excluding hydrogens is 240 g/mol. The van der Waals surface area contributed by atoms with Crippen LogP contribution in [0.3, 0.4) is 0 Å². The standard InChI is InChI=1S/C12H13ClN2S/c1-7(2)10-11(14-6-15-12(10)13)9-4-8(3)16-5-9/h4-7H,1-3H3. The van der Waals surface area contributed by atoms with Crippen LogP contribution in [0.2, 0.25) is 5.15 Å². The Morgan fingerprint density at radius 3 is 2.62 bits per heavy atom. The summed E-state index contributed by atoms with van der Waals surface area (Å²) in [5.74, 6) is 0.323. The molecule has 16 heavy (non-hydrogen) atoms. The summed E-state index contributed by atoms with van der Waals surface area (Å²) in [6, 6.07) is 2.13. The SMILES string of the molecule is Cc1cc(-c2ncnc(Cl)c2C(C)C)cs1. The molecule has 0 fully saturated rings. The molecule has 2 rings (SSSR count). The van der Waals surface area contributed by atoms with Crippen LogP contribution in [-0.4, -0.2) is 9.97 Å². The highest BCUT2D eigenvalue weighted by atomic mass is 35.5. The highest BCUT2D eigenvalue weighted by Gasteiger charge is 2.15. The van der Waals surface area contributed by atoms with Crippen LogP contribution < -0.4 is 0 Å². The van der Waals surface area contributed by atoms with Gasteiger partial charge in [-0.3, -0.25) is 0 Å². The molecule has 0 aliphatic rings. The molecule has 2 aromatic rings. The van der Waals surface area contributed by atoms with Crippen molar-refractivity contribution in [3.63, 3.8) is 0 Å². The normalized spacial score (nSPS) is 11.1. The lowest BCUT2D eigenvalue weighted by Gasteiger charge is -2.11. The monoisotopic (exact) mass is 252 g/mol. The van der Waals surface area contributed by atoms with Gasteiger partial charge in [0.25, 0.3) is 0 Å². The van der Waals surface area contributed by atoms with Crippen molar-refractivity contribution >= 4 is 22.9 Å². The summed E-state index contributed by atoms with van der Waals surface area (Å²) < 4.78 is 0. The van der Waals surface area contributed by atoms with E-state index in [0.29, 0.717) is 11.1 Å². The number of hydrogen-bond donors (Lipinski definition) is 0. The van der Waals surface area contributed by atoms with Gasteiger partial charge in [-0.15, -0.1) is 11.3 Å². The van der Waals surface area contributed by atoms with Crippen LogP contribution in [0.15, 0.2) is 17.8 Å². The van der Waals surface area contributed by atoms with Crippen LogP contribution in [0, 0.1) is 6.92 Å². The largest absolute Gasteiger partial charge is 0.236 e. The van der Waals surface area contributed by atoms with E-state index >= 15 is 0 Å². The Kier molecular flexibility index (Phi) is 3.26. The topological polar surface area (TPSA) is 25.8 Å². The smallest absolute Gasteiger partial charge is 0.136 e. The molecular formula is C12H13ClN2S. The van der Waals surface area contributed by atoms with Crippen LogP contribution in [0.1, 0.15) is 30.2 Å². The van der Waals surface area contributed by atoms with Crippen LogP contribution in [0.25, 0.3) is 11.3 Å². The predicted octanol–water partition coefficient (Wildman–Crippen LogP) is 4.29. The summed E-state index contributed by atoms with van der Waals surface area (Å²) in [7, 11) is 0. The van der Waals surface area contributed by atoms with E-state index in [-0.39, 0.29) is 0 Å². The third kappa shape index (κ3) is 2.11. The summed E-state index contributed by atoms with van der Waals surface area (Å²) >= 11 is 7.86. The van der Waals surface area contributed by atoms with E-state index in [9.17, 15) is 0 Å². The lowest BCUT2D eigenvalue weighted by molar-refractivity contribution is 0.850. The molecule has 2 nitrogen and oxygen atoms in total. The molecule has 0 spiro atoms. The van der Waals surface area contributed by atoms with Gasteiger partial charge < -0.3 is 0 Å². The second kappa shape index (κ2) is 4.52. The maximum Gasteiger partial charge on any atom is 0.136 e. The molecule has 0 saturated carbocycles. The first-order chi connectivity index (χ1) is 7.59. The van der Waals surface area contributed by atoms with Crippen LogP contribution in [0.4, 0.5) is 0 Å². The maximum atomic E-state index is 6.13. The van der Waals surface area contributed by atoms with Crippen molar-refractivity contribution in [2.75, 3.05) is 0 Å². The van der Waals surface area contributed by atoms with Crippen LogP contribution in [-0.2, 0) is 0 Å². The molecule has 0 bridgehead atoms. The highest BCUT2D eigenvalue weighted by Crippen LogP contribution is 2.33. The lowest BCUT2D eigenvalue weighted by atomic mass is 10.0. The Balaban J connectivity index is 2.60. The molecule has 0 aliphatic heterocycles. The minimum Gasteiger partial charge on any atom is -0.236 e. The molecule has 0 atom stereocenters. The van der Waals surface area contributed by atoms with E-state index in [1.54, 1.807) is 11.3 Å². The number of thiophene rings is 1. The first-order valence-electron chi connectivity index (χ1n) is 5.15. The first-order valence-corrected chi connectivity index (χ1v) is 6.41. The Morgan fingerprint density at radius 1 is 1.31 bits per heavy atom. The van der Waals surface area contributed by atoms with Crippen molar-refractivity contribution in [1.82, 2.24) is 9.97 Å². The summed E-state index contributed by atoms with van der Waals surface area (Å²) in [6.45, 7) is 6.30. The Morgan fingerprint density at radius 2 is 2.06 bits per heavy atom. The van der Waals surface area contributed by atoms with E-state index in [4.69, 9.17) is 11.6 Å². The number of rotatable bonds is 2. The Bertz CT molecular complexity index is 505. The number of hydrogen-bond acceptors (Lipinski definition) is 3. The second-order valence-corrected chi connectivity index (χ2v) is 5.50. The van der Waals surface area contributed by atoms with Gasteiger partial charge in [0.1, 0.15) is 11.5 Å². The number of aryl methyl sites for hydroxylation is 1. The maximum absolute atomic E-state index is 6.13. The van der Waals surface area contributed by atoms with Crippen LogP contribution in [0.5, 0.6) is 0 Å². The summed E-state index contributed by atoms with van der Waals surface area (Å²) in [6.07, 6.45) is 1.52. The van der Waals surface area contributed by atoms with E-state index in [1.165, 1.54) is 11.2 Å². The van der Waals surface area contributed by atoms with Crippen LogP contribution >= 0.6 is 22.9 Å². The Hall–Kier alpha value is -0.930. The fourth-order valence-corrected chi connectivity index (χ4v) is 2.72. The molecule has 2 heterocycles. The molecule has 0 N–H and O–H groups in total. The van der Waals surface area contributed by atoms with E-state index in [2.05, 4.69) is 42.2 Å². The van der Waals surface area contributed by atoms with Gasteiger partial charge in [0.05, 0.1) is 5.69 Å². The average molecular weight is 253 g/mol. The van der Waals surface area contributed by atoms with Crippen molar-refractivity contribution in [2.24, 2.45) is 0 Å². The third-order valence-corrected chi connectivity index (χ3v) is 3.58. The van der Waals surface area contributed by atoms with Gasteiger partial charge in [-0.1, -0.05) is 25.4 Å². The third-order valence-electron chi connectivity index (χ3n) is 2.42. The van der Waals surface area contributed by atoms with E-state index in [1.807, 2.05) is 0 Å². The van der Waals surface area contributed by atoms with Gasteiger partial charge in [0.15, 0.2) is 0 Å². The number of nitrogens with zero attached hydrogens (tertiary/aromatic N) is 2. The number of halogens is 1. The quantitative estimate of drug-likeness (QED) is 0.745. The van der Waals surface area contributed by atoms with Gasteiger partial charge in [0, 0.05) is 21.4 Å². The van der Waals surface area contributed by atoms with Gasteiger partial charge in [-0.05, 0) is 18.9 Å². The van der Waals surface area contributed by atoms with E-state index < -0.39 is 0 Å². The minimum absolute atomic E-state index is 0.323. The average Bonchev–Trinajstić information content (AvgIpc) is 2.63. The zero-order valence-electron chi connectivity index (χ0n) is 9.49. The van der Waals surface area contributed by atoms with Gasteiger partial charge in [-0.25, -0.2) is 9.97 Å². The van der Waals surface area contributed by atoms with Crippen molar-refractivity contribution in [2.45, 2.75) is 26.7 Å². The lowest BCUT2D eigenvalue weighted by Crippen LogP contribution is -1.98. The molecule has 0 radical (unpaired) electrons. The fraction of sp³-hybridized carbons (Fsp3) is 0.333. The van der Waals surface area contributed by atoms with E-state index in [0.717, 1.165) is 16.8 Å². The second-order valence-electron chi connectivity index (χ2n) is 4.03. The van der Waals surface area contributed by atoms with Gasteiger partial charge in [0.2, 0.25) is 0 Å². The summed E-state index contributed by atoms with van der Waals surface area (Å²) in [5.41, 5.74) is 3.12. The van der Waals surface area contributed by atoms with Crippen molar-refractivity contribution < 1.29 is 0 Å². The van der Waals surface area contributed by atoms with Gasteiger partial charge in [-0.2, -0.15) is 0 Å². The summed E-state index contributed by atoms with van der Waals surface area (Å²) in [4.78, 5) is 9.68. The molecule has 0 aliphatic carbocycles. The molecule has 2 aromatic heterocycles. The zero-order chi connectivity index (χ0) is 11.7. The fourth-order valence-electron chi connectivity index (χ4n) is 1.68. The molecule has 84 valence electrons. The minimum atomic E-state index is 0.323. The van der Waals surface area contributed by atoms with Crippen molar-refractivity contribution in [3.8, 4) is 11.3 Å². The molecule has 4 heteroatoms. The molecule has 0 unspecified atom stereocenters. The molecule has 0 amide bonds. The molecule has 0 saturated heterocycles. The first kappa shape index (κ1) is 11.6.